The average molecular weight is 355 g/mol. The molecule has 0 saturated heterocycles. The summed E-state index contributed by atoms with van der Waals surface area (Å²) in [4.78, 5) is 0. The van der Waals surface area contributed by atoms with Crippen LogP contribution in [0.2, 0.25) is 9.26 Å². The first-order valence-corrected chi connectivity index (χ1v) is 14.2. The molecule has 0 radical (unpaired) electrons. The SMILES string of the molecule is CCC1=Cc2c(-c3ccc(C)cc3)cccc2[CH]1[Zr]([CH3])[CH3]. The Kier molecular flexibility index (Phi) is 4.32. The quantitative estimate of drug-likeness (QED) is 0.613. The monoisotopic (exact) mass is 353 g/mol. The predicted molar refractivity (Wildman–Crippen MR) is 89.4 cm³/mol. The van der Waals surface area contributed by atoms with Crippen molar-refractivity contribution in [1.29, 1.82) is 0 Å². The molecular formula is C20H23Zr. The summed E-state index contributed by atoms with van der Waals surface area (Å²) in [7, 11) is 0. The van der Waals surface area contributed by atoms with E-state index in [9.17, 15) is 0 Å². The molecule has 0 bridgehead atoms. The number of allylic oxidation sites excluding steroid dienone is 1. The van der Waals surface area contributed by atoms with Gasteiger partial charge in [-0.3, -0.25) is 0 Å². The molecule has 0 aliphatic heterocycles. The summed E-state index contributed by atoms with van der Waals surface area (Å²) >= 11 is -1.30. The van der Waals surface area contributed by atoms with Crippen molar-refractivity contribution in [3.8, 4) is 11.1 Å². The van der Waals surface area contributed by atoms with Crippen molar-refractivity contribution in [2.24, 2.45) is 0 Å². The van der Waals surface area contributed by atoms with Crippen molar-refractivity contribution in [3.63, 3.8) is 0 Å². The number of benzene rings is 2. The van der Waals surface area contributed by atoms with Crippen molar-refractivity contribution in [1.82, 2.24) is 0 Å². The van der Waals surface area contributed by atoms with Gasteiger partial charge in [-0.1, -0.05) is 0 Å². The minimum absolute atomic E-state index is 0.790. The Balaban J connectivity index is 2.15. The molecule has 2 aromatic rings. The molecule has 107 valence electrons. The molecule has 1 unspecified atom stereocenters. The zero-order chi connectivity index (χ0) is 15.0. The third-order valence-electron chi connectivity index (χ3n) is 4.50. The van der Waals surface area contributed by atoms with Crippen LogP contribution < -0.4 is 0 Å². The summed E-state index contributed by atoms with van der Waals surface area (Å²) in [6.45, 7) is 4.46. The fraction of sp³-hybridized carbons (Fsp3) is 0.300. The summed E-state index contributed by atoms with van der Waals surface area (Å²) in [5, 5.41) is 0. The summed E-state index contributed by atoms with van der Waals surface area (Å²) in [6, 6.07) is 15.8. The topological polar surface area (TPSA) is 0 Å². The Morgan fingerprint density at radius 3 is 2.33 bits per heavy atom. The minimum atomic E-state index is -1.30. The Hall–Kier alpha value is -0.937. The van der Waals surface area contributed by atoms with Crippen molar-refractivity contribution >= 4 is 6.08 Å². The molecule has 1 aliphatic rings. The molecule has 0 N–H and O–H groups in total. The molecule has 1 atom stereocenters. The van der Waals surface area contributed by atoms with Crippen LogP contribution in [0, 0.1) is 6.92 Å². The Morgan fingerprint density at radius 1 is 1.00 bits per heavy atom. The van der Waals surface area contributed by atoms with Crippen molar-refractivity contribution in [3.05, 3.63) is 64.7 Å². The van der Waals surface area contributed by atoms with E-state index in [1.54, 1.807) is 11.1 Å². The molecule has 2 aromatic carbocycles. The van der Waals surface area contributed by atoms with Crippen LogP contribution in [0.4, 0.5) is 0 Å². The van der Waals surface area contributed by atoms with Crippen LogP contribution in [0.1, 0.15) is 33.7 Å². The number of hydrogen-bond acceptors (Lipinski definition) is 0. The van der Waals surface area contributed by atoms with Crippen molar-refractivity contribution < 1.29 is 21.8 Å². The zero-order valence-electron chi connectivity index (χ0n) is 13.4. The van der Waals surface area contributed by atoms with E-state index < -0.39 is 21.8 Å². The molecule has 1 heteroatoms. The van der Waals surface area contributed by atoms with Gasteiger partial charge in [0.15, 0.2) is 0 Å². The van der Waals surface area contributed by atoms with Crippen LogP contribution in [0.25, 0.3) is 17.2 Å². The van der Waals surface area contributed by atoms with Crippen LogP contribution in [0.3, 0.4) is 0 Å². The van der Waals surface area contributed by atoms with Gasteiger partial charge in [0.25, 0.3) is 0 Å². The number of hydrogen-bond donors (Lipinski definition) is 0. The van der Waals surface area contributed by atoms with Crippen molar-refractivity contribution in [2.75, 3.05) is 0 Å². The van der Waals surface area contributed by atoms with Crippen LogP contribution in [-0.2, 0) is 21.8 Å². The van der Waals surface area contributed by atoms with Gasteiger partial charge < -0.3 is 0 Å². The first kappa shape index (κ1) is 15.0. The molecule has 0 aromatic heterocycles. The fourth-order valence-corrected chi connectivity index (χ4v) is 8.11. The van der Waals surface area contributed by atoms with Gasteiger partial charge >= 0.3 is 137 Å². The zero-order valence-corrected chi connectivity index (χ0v) is 15.9. The first-order chi connectivity index (χ1) is 10.1. The van der Waals surface area contributed by atoms with Gasteiger partial charge in [-0.05, 0) is 0 Å². The Bertz CT molecular complexity index is 677. The molecule has 0 spiro atoms. The molecule has 21 heavy (non-hydrogen) atoms. The Morgan fingerprint density at radius 2 is 1.71 bits per heavy atom. The third-order valence-corrected chi connectivity index (χ3v) is 9.01. The van der Waals surface area contributed by atoms with E-state index in [4.69, 9.17) is 0 Å². The molecule has 1 aliphatic carbocycles. The summed E-state index contributed by atoms with van der Waals surface area (Å²) in [5.74, 6) is 0. The van der Waals surface area contributed by atoms with Crippen LogP contribution in [0.5, 0.6) is 0 Å². The molecule has 0 fully saturated rings. The number of aryl methyl sites for hydroxylation is 1. The molecule has 0 saturated carbocycles. The van der Waals surface area contributed by atoms with E-state index in [0.29, 0.717) is 0 Å². The molecule has 3 rings (SSSR count). The van der Waals surface area contributed by atoms with E-state index in [2.05, 4.69) is 71.7 Å². The van der Waals surface area contributed by atoms with Crippen LogP contribution in [-0.4, -0.2) is 0 Å². The summed E-state index contributed by atoms with van der Waals surface area (Å²) in [6.07, 6.45) is 3.68. The second-order valence-electron chi connectivity index (χ2n) is 6.26. The normalized spacial score (nSPS) is 16.6. The van der Waals surface area contributed by atoms with Gasteiger partial charge in [-0.25, -0.2) is 0 Å². The van der Waals surface area contributed by atoms with Gasteiger partial charge in [-0.15, -0.1) is 0 Å². The first-order valence-electron chi connectivity index (χ1n) is 7.82. The second-order valence-corrected chi connectivity index (χ2v) is 13.0. The summed E-state index contributed by atoms with van der Waals surface area (Å²) < 4.78 is 5.85. The number of fused-ring (bicyclic) bond motifs is 1. The van der Waals surface area contributed by atoms with E-state index in [1.807, 2.05) is 0 Å². The average Bonchev–Trinajstić information content (AvgIpc) is 2.86. The molecular weight excluding hydrogens is 331 g/mol. The van der Waals surface area contributed by atoms with Crippen molar-refractivity contribution in [2.45, 2.75) is 33.2 Å². The standard InChI is InChI=1S/C18H17.2CH3.Zr/c1-3-14-11-16-5-4-6-17(18(16)12-14)15-9-7-13(2)8-10-15;;;/h4-12H,3H2,1-2H3;2*1H3;. The summed E-state index contributed by atoms with van der Waals surface area (Å²) in [5.41, 5.74) is 8.85. The van der Waals surface area contributed by atoms with Gasteiger partial charge in [-0.2, -0.15) is 0 Å². The van der Waals surface area contributed by atoms with E-state index in [-0.39, 0.29) is 0 Å². The van der Waals surface area contributed by atoms with E-state index in [1.165, 1.54) is 28.7 Å². The van der Waals surface area contributed by atoms with E-state index >= 15 is 0 Å². The molecule has 0 amide bonds. The van der Waals surface area contributed by atoms with Crippen LogP contribution >= 0.6 is 0 Å². The van der Waals surface area contributed by atoms with Gasteiger partial charge in [0.05, 0.1) is 0 Å². The maximum absolute atomic E-state index is 2.53. The molecule has 0 nitrogen and oxygen atoms in total. The van der Waals surface area contributed by atoms with Gasteiger partial charge in [0, 0.05) is 0 Å². The Labute approximate surface area is 136 Å². The van der Waals surface area contributed by atoms with Gasteiger partial charge in [0.2, 0.25) is 0 Å². The third kappa shape index (κ3) is 2.73. The number of rotatable bonds is 3. The molecule has 0 heterocycles. The maximum atomic E-state index is 2.53. The van der Waals surface area contributed by atoms with Crippen LogP contribution in [0.15, 0.2) is 48.0 Å². The van der Waals surface area contributed by atoms with Gasteiger partial charge in [0.1, 0.15) is 0 Å². The fourth-order valence-electron chi connectivity index (χ4n) is 3.44. The predicted octanol–water partition coefficient (Wildman–Crippen LogP) is 6.22. The van der Waals surface area contributed by atoms with E-state index in [0.717, 1.165) is 3.63 Å². The second kappa shape index (κ2) is 6.05.